The lowest BCUT2D eigenvalue weighted by molar-refractivity contribution is 0.0784. The van der Waals surface area contributed by atoms with E-state index >= 15 is 0 Å². The number of anilines is 1. The number of amides is 1. The highest BCUT2D eigenvalue weighted by molar-refractivity contribution is 5.93. The maximum Gasteiger partial charge on any atom is 0.272 e. The predicted molar refractivity (Wildman–Crippen MR) is 85.9 cm³/mol. The van der Waals surface area contributed by atoms with E-state index < -0.39 is 11.6 Å². The van der Waals surface area contributed by atoms with Crippen LogP contribution in [0, 0.1) is 18.6 Å². The highest BCUT2D eigenvalue weighted by Gasteiger charge is 2.32. The summed E-state index contributed by atoms with van der Waals surface area (Å²) in [6.07, 6.45) is 0.520. The van der Waals surface area contributed by atoms with Crippen LogP contribution in [0.15, 0.2) is 24.3 Å². The van der Waals surface area contributed by atoms with Gasteiger partial charge < -0.3 is 10.2 Å². The molecule has 0 spiro atoms. The van der Waals surface area contributed by atoms with Crippen LogP contribution in [0.3, 0.4) is 0 Å². The molecule has 1 amide bonds. The first-order valence-electron chi connectivity index (χ1n) is 7.76. The highest BCUT2D eigenvalue weighted by Crippen LogP contribution is 2.31. The number of aryl methyl sites for hydroxylation is 1. The zero-order valence-corrected chi connectivity index (χ0v) is 13.5. The molecule has 1 aromatic heterocycles. The van der Waals surface area contributed by atoms with Crippen molar-refractivity contribution >= 4 is 11.9 Å². The summed E-state index contributed by atoms with van der Waals surface area (Å²) in [6, 6.07) is 5.45. The molecule has 0 radical (unpaired) electrons. The Morgan fingerprint density at radius 1 is 1.29 bits per heavy atom. The van der Waals surface area contributed by atoms with Gasteiger partial charge in [0.15, 0.2) is 0 Å². The van der Waals surface area contributed by atoms with E-state index in [0.29, 0.717) is 24.6 Å². The summed E-state index contributed by atoms with van der Waals surface area (Å²) in [4.78, 5) is 22.5. The van der Waals surface area contributed by atoms with E-state index in [-0.39, 0.29) is 29.6 Å². The fourth-order valence-corrected chi connectivity index (χ4v) is 3.03. The standard InChI is InChI=1S/C17H18F2N4O/c1-10-8-14(22-17(20-2)21-10)16(24)23-7-6-11(9-23)15-12(18)4-3-5-13(15)19/h3-5,8,11H,6-7,9H2,1-2H3,(H,20,21,22). The van der Waals surface area contributed by atoms with E-state index in [4.69, 9.17) is 0 Å². The number of rotatable bonds is 3. The van der Waals surface area contributed by atoms with Gasteiger partial charge in [-0.3, -0.25) is 4.79 Å². The zero-order valence-electron chi connectivity index (χ0n) is 13.5. The molecule has 1 fully saturated rings. The van der Waals surface area contributed by atoms with Gasteiger partial charge in [0.25, 0.3) is 5.91 Å². The van der Waals surface area contributed by atoms with Gasteiger partial charge in [-0.05, 0) is 31.5 Å². The van der Waals surface area contributed by atoms with E-state index in [1.54, 1.807) is 24.9 Å². The first-order chi connectivity index (χ1) is 11.5. The third kappa shape index (κ3) is 3.06. The van der Waals surface area contributed by atoms with Gasteiger partial charge in [-0.15, -0.1) is 0 Å². The molecule has 1 unspecified atom stereocenters. The fraction of sp³-hybridized carbons (Fsp3) is 0.353. The quantitative estimate of drug-likeness (QED) is 0.939. The highest BCUT2D eigenvalue weighted by atomic mass is 19.1. The minimum Gasteiger partial charge on any atom is -0.357 e. The zero-order chi connectivity index (χ0) is 17.3. The summed E-state index contributed by atoms with van der Waals surface area (Å²) < 4.78 is 27.9. The van der Waals surface area contributed by atoms with Crippen molar-refractivity contribution in [3.63, 3.8) is 0 Å². The molecule has 1 saturated heterocycles. The molecule has 2 heterocycles. The Bertz CT molecular complexity index is 761. The second kappa shape index (κ2) is 6.51. The number of benzene rings is 1. The van der Waals surface area contributed by atoms with Crippen LogP contribution in [-0.4, -0.2) is 40.9 Å². The van der Waals surface area contributed by atoms with Crippen molar-refractivity contribution < 1.29 is 13.6 Å². The molecule has 2 aromatic rings. The van der Waals surface area contributed by atoms with E-state index in [9.17, 15) is 13.6 Å². The van der Waals surface area contributed by atoms with Crippen LogP contribution >= 0.6 is 0 Å². The van der Waals surface area contributed by atoms with Crippen LogP contribution in [0.5, 0.6) is 0 Å². The van der Waals surface area contributed by atoms with Crippen molar-refractivity contribution in [2.45, 2.75) is 19.3 Å². The number of aromatic nitrogens is 2. The lowest BCUT2D eigenvalue weighted by Crippen LogP contribution is -2.29. The van der Waals surface area contributed by atoms with Crippen molar-refractivity contribution in [3.8, 4) is 0 Å². The smallest absolute Gasteiger partial charge is 0.272 e. The van der Waals surface area contributed by atoms with Gasteiger partial charge in [0, 0.05) is 37.3 Å². The Hall–Kier alpha value is -2.57. The van der Waals surface area contributed by atoms with Crippen molar-refractivity contribution in [2.75, 3.05) is 25.5 Å². The predicted octanol–water partition coefficient (Wildman–Crippen LogP) is 2.73. The molecule has 126 valence electrons. The number of carbonyl (C=O) groups is 1. The largest absolute Gasteiger partial charge is 0.357 e. The van der Waals surface area contributed by atoms with Gasteiger partial charge in [-0.2, -0.15) is 0 Å². The second-order valence-electron chi connectivity index (χ2n) is 5.84. The van der Waals surface area contributed by atoms with E-state index in [0.717, 1.165) is 0 Å². The van der Waals surface area contributed by atoms with Crippen LogP contribution in [0.4, 0.5) is 14.7 Å². The van der Waals surface area contributed by atoms with Gasteiger partial charge in [0.1, 0.15) is 17.3 Å². The lowest BCUT2D eigenvalue weighted by atomic mass is 9.97. The molecular weight excluding hydrogens is 314 g/mol. The average Bonchev–Trinajstić information content (AvgIpc) is 3.03. The van der Waals surface area contributed by atoms with Gasteiger partial charge in [-0.25, -0.2) is 18.7 Å². The normalized spacial score (nSPS) is 17.2. The first kappa shape index (κ1) is 16.3. The Labute approximate surface area is 138 Å². The summed E-state index contributed by atoms with van der Waals surface area (Å²) in [5.74, 6) is -1.36. The fourth-order valence-electron chi connectivity index (χ4n) is 3.03. The molecule has 3 rings (SSSR count). The van der Waals surface area contributed by atoms with Gasteiger partial charge in [0.2, 0.25) is 5.95 Å². The molecule has 7 heteroatoms. The molecule has 0 saturated carbocycles. The molecule has 24 heavy (non-hydrogen) atoms. The Morgan fingerprint density at radius 2 is 2.00 bits per heavy atom. The molecule has 1 aromatic carbocycles. The van der Waals surface area contributed by atoms with E-state index in [2.05, 4.69) is 15.3 Å². The number of halogens is 2. The van der Waals surface area contributed by atoms with Gasteiger partial charge in [-0.1, -0.05) is 6.07 Å². The summed E-state index contributed by atoms with van der Waals surface area (Å²) >= 11 is 0. The van der Waals surface area contributed by atoms with Crippen LogP contribution in [0.2, 0.25) is 0 Å². The number of likely N-dealkylation sites (tertiary alicyclic amines) is 1. The molecule has 1 aliphatic heterocycles. The van der Waals surface area contributed by atoms with Crippen molar-refractivity contribution in [3.05, 3.63) is 52.9 Å². The maximum absolute atomic E-state index is 13.9. The van der Waals surface area contributed by atoms with Crippen LogP contribution in [0.1, 0.15) is 34.1 Å². The summed E-state index contributed by atoms with van der Waals surface area (Å²) in [7, 11) is 1.68. The second-order valence-corrected chi connectivity index (χ2v) is 5.84. The monoisotopic (exact) mass is 332 g/mol. The molecule has 1 N–H and O–H groups in total. The topological polar surface area (TPSA) is 58.1 Å². The van der Waals surface area contributed by atoms with E-state index in [1.165, 1.54) is 18.2 Å². The van der Waals surface area contributed by atoms with Gasteiger partial charge >= 0.3 is 0 Å². The molecular formula is C17H18F2N4O. The number of carbonyl (C=O) groups excluding carboxylic acids is 1. The lowest BCUT2D eigenvalue weighted by Gasteiger charge is -2.17. The maximum atomic E-state index is 13.9. The summed E-state index contributed by atoms with van der Waals surface area (Å²) in [5.41, 5.74) is 1.01. The Morgan fingerprint density at radius 3 is 2.67 bits per heavy atom. The Kier molecular flexibility index (Phi) is 4.42. The number of hydrogen-bond donors (Lipinski definition) is 1. The molecule has 1 atom stereocenters. The van der Waals surface area contributed by atoms with Crippen LogP contribution in [-0.2, 0) is 0 Å². The van der Waals surface area contributed by atoms with Crippen LogP contribution in [0.25, 0.3) is 0 Å². The summed E-state index contributed by atoms with van der Waals surface area (Å²) in [5, 5.41) is 2.81. The third-order valence-electron chi connectivity index (χ3n) is 4.18. The minimum absolute atomic E-state index is 0.0579. The molecule has 0 aliphatic carbocycles. The molecule has 5 nitrogen and oxygen atoms in total. The first-order valence-corrected chi connectivity index (χ1v) is 7.76. The number of hydrogen-bond acceptors (Lipinski definition) is 4. The number of nitrogens with zero attached hydrogens (tertiary/aromatic N) is 3. The molecule has 1 aliphatic rings. The minimum atomic E-state index is -0.565. The van der Waals surface area contributed by atoms with E-state index in [1.807, 2.05) is 0 Å². The van der Waals surface area contributed by atoms with Crippen molar-refractivity contribution in [1.29, 1.82) is 0 Å². The Balaban J connectivity index is 1.81. The summed E-state index contributed by atoms with van der Waals surface area (Å²) in [6.45, 7) is 2.49. The SMILES string of the molecule is CNc1nc(C)cc(C(=O)N2CCC(c3c(F)cccc3F)C2)n1. The van der Waals surface area contributed by atoms with Crippen LogP contribution < -0.4 is 5.32 Å². The third-order valence-corrected chi connectivity index (χ3v) is 4.18. The number of nitrogens with one attached hydrogen (secondary N) is 1. The van der Waals surface area contributed by atoms with Crippen molar-refractivity contribution in [1.82, 2.24) is 14.9 Å². The van der Waals surface area contributed by atoms with Gasteiger partial charge in [0.05, 0.1) is 0 Å². The molecule has 0 bridgehead atoms. The van der Waals surface area contributed by atoms with Crippen molar-refractivity contribution in [2.24, 2.45) is 0 Å². The average molecular weight is 332 g/mol.